The molecule has 1 spiro atoms. The molecule has 1 aromatic rings. The molecule has 3 aliphatic rings. The lowest BCUT2D eigenvalue weighted by atomic mass is 9.72. The highest BCUT2D eigenvalue weighted by Crippen LogP contribution is 2.51. The lowest BCUT2D eigenvalue weighted by Gasteiger charge is -2.51. The highest BCUT2D eigenvalue weighted by Gasteiger charge is 2.63. The monoisotopic (exact) mass is 489 g/mol. The van der Waals surface area contributed by atoms with E-state index in [0.29, 0.717) is 25.7 Å². The minimum Gasteiger partial charge on any atom is -0.396 e. The van der Waals surface area contributed by atoms with Gasteiger partial charge in [-0.2, -0.15) is 18.4 Å². The number of nitriles is 1. The molecular formula is C25H26F3N3O2S. The molecule has 0 aromatic heterocycles. The van der Waals surface area contributed by atoms with Gasteiger partial charge in [-0.25, -0.2) is 0 Å². The summed E-state index contributed by atoms with van der Waals surface area (Å²) in [6.07, 6.45) is 4.57. The summed E-state index contributed by atoms with van der Waals surface area (Å²) in [5.41, 5.74) is -1.97. The van der Waals surface area contributed by atoms with Crippen LogP contribution in [0.1, 0.15) is 57.1 Å². The highest BCUT2D eigenvalue weighted by molar-refractivity contribution is 7.80. The first-order valence-electron chi connectivity index (χ1n) is 11.3. The molecule has 4 rings (SSSR count). The number of allylic oxidation sites excluding steroid dienone is 2. The van der Waals surface area contributed by atoms with E-state index in [1.54, 1.807) is 6.07 Å². The number of thiocarbonyl (C=S) groups is 1. The van der Waals surface area contributed by atoms with Crippen molar-refractivity contribution in [1.82, 2.24) is 4.90 Å². The number of amides is 1. The van der Waals surface area contributed by atoms with Crippen LogP contribution in [0.3, 0.4) is 0 Å². The number of rotatable bonds is 5. The van der Waals surface area contributed by atoms with E-state index < -0.39 is 28.4 Å². The lowest BCUT2D eigenvalue weighted by Crippen LogP contribution is -2.62. The third kappa shape index (κ3) is 3.73. The Hall–Kier alpha value is -2.70. The van der Waals surface area contributed by atoms with E-state index in [1.165, 1.54) is 11.0 Å². The first-order chi connectivity index (χ1) is 16.0. The number of halogens is 3. The second kappa shape index (κ2) is 8.51. The molecule has 1 saturated heterocycles. The molecular weight excluding hydrogens is 463 g/mol. The van der Waals surface area contributed by atoms with E-state index in [-0.39, 0.29) is 29.2 Å². The molecule has 180 valence electrons. The molecule has 1 saturated carbocycles. The van der Waals surface area contributed by atoms with Crippen LogP contribution in [-0.2, 0) is 11.0 Å². The van der Waals surface area contributed by atoms with Crippen LogP contribution < -0.4 is 4.90 Å². The average molecular weight is 490 g/mol. The van der Waals surface area contributed by atoms with E-state index in [4.69, 9.17) is 17.5 Å². The number of hydrogen-bond acceptors (Lipinski definition) is 4. The summed E-state index contributed by atoms with van der Waals surface area (Å²) in [6, 6.07) is 4.85. The van der Waals surface area contributed by atoms with E-state index in [9.17, 15) is 23.1 Å². The van der Waals surface area contributed by atoms with Gasteiger partial charge in [0, 0.05) is 6.61 Å². The maximum absolute atomic E-state index is 13.7. The Kier molecular flexibility index (Phi) is 6.11. The summed E-state index contributed by atoms with van der Waals surface area (Å²) in [5, 5.41) is 18.5. The van der Waals surface area contributed by atoms with Gasteiger partial charge in [0.2, 0.25) is 0 Å². The van der Waals surface area contributed by atoms with Crippen molar-refractivity contribution in [3.8, 4) is 6.07 Å². The van der Waals surface area contributed by atoms with Crippen LogP contribution in [0.5, 0.6) is 0 Å². The third-order valence-electron chi connectivity index (χ3n) is 7.31. The summed E-state index contributed by atoms with van der Waals surface area (Å²) in [5.74, 6) is -0.133. The Morgan fingerprint density at radius 2 is 2.03 bits per heavy atom. The van der Waals surface area contributed by atoms with Gasteiger partial charge >= 0.3 is 6.18 Å². The SMILES string of the molecule is CC(CCO)C1=CCC(C)(N2C(=S)N(c3ccc(C#N)c(C(F)(F)F)c3)C(=O)C23CCC3)C=C1. The van der Waals surface area contributed by atoms with E-state index in [1.807, 2.05) is 30.9 Å². The number of alkyl halides is 3. The van der Waals surface area contributed by atoms with E-state index in [2.05, 4.69) is 6.08 Å². The molecule has 9 heteroatoms. The van der Waals surface area contributed by atoms with E-state index in [0.717, 1.165) is 24.1 Å². The van der Waals surface area contributed by atoms with Gasteiger partial charge < -0.3 is 10.0 Å². The van der Waals surface area contributed by atoms with Gasteiger partial charge in [0.15, 0.2) is 5.11 Å². The fourth-order valence-corrected chi connectivity index (χ4v) is 5.76. The molecule has 1 N–H and O–H groups in total. The highest BCUT2D eigenvalue weighted by atomic mass is 32.1. The molecule has 5 nitrogen and oxygen atoms in total. The fraction of sp³-hybridized carbons (Fsp3) is 0.480. The van der Waals surface area contributed by atoms with Gasteiger partial charge in [0.25, 0.3) is 5.91 Å². The Labute approximate surface area is 202 Å². The van der Waals surface area contributed by atoms with Crippen LogP contribution in [0.4, 0.5) is 18.9 Å². The third-order valence-corrected chi connectivity index (χ3v) is 7.67. The molecule has 2 unspecified atom stereocenters. The molecule has 2 atom stereocenters. The second-order valence-electron chi connectivity index (χ2n) is 9.50. The normalized spacial score (nSPS) is 24.8. The number of anilines is 1. The number of benzene rings is 1. The smallest absolute Gasteiger partial charge is 0.396 e. The minimum absolute atomic E-state index is 0.0197. The van der Waals surface area contributed by atoms with Crippen LogP contribution in [-0.4, -0.2) is 38.7 Å². The summed E-state index contributed by atoms with van der Waals surface area (Å²) in [4.78, 5) is 16.8. The Bertz CT molecular complexity index is 1130. The van der Waals surface area contributed by atoms with Gasteiger partial charge in [-0.05, 0) is 80.9 Å². The topological polar surface area (TPSA) is 67.6 Å². The Balaban J connectivity index is 1.72. The van der Waals surface area contributed by atoms with Crippen LogP contribution in [0.2, 0.25) is 0 Å². The molecule has 1 aromatic carbocycles. The van der Waals surface area contributed by atoms with Crippen molar-refractivity contribution >= 4 is 28.9 Å². The van der Waals surface area contributed by atoms with Crippen molar-refractivity contribution in [3.63, 3.8) is 0 Å². The number of carbonyl (C=O) groups excluding carboxylic acids is 1. The fourth-order valence-electron chi connectivity index (χ4n) is 5.19. The molecule has 1 amide bonds. The summed E-state index contributed by atoms with van der Waals surface area (Å²) in [7, 11) is 0. The maximum Gasteiger partial charge on any atom is 0.417 e. The summed E-state index contributed by atoms with van der Waals surface area (Å²) >= 11 is 5.74. The number of carbonyl (C=O) groups is 1. The molecule has 34 heavy (non-hydrogen) atoms. The predicted molar refractivity (Wildman–Crippen MR) is 126 cm³/mol. The number of nitrogens with zero attached hydrogens (tertiary/aromatic N) is 3. The number of aliphatic hydroxyl groups is 1. The van der Waals surface area contributed by atoms with Crippen molar-refractivity contribution in [2.45, 2.75) is 63.2 Å². The van der Waals surface area contributed by atoms with Gasteiger partial charge in [0.05, 0.1) is 28.4 Å². The molecule has 2 fully saturated rings. The van der Waals surface area contributed by atoms with Crippen molar-refractivity contribution in [2.24, 2.45) is 5.92 Å². The second-order valence-corrected chi connectivity index (χ2v) is 9.86. The van der Waals surface area contributed by atoms with E-state index >= 15 is 0 Å². The average Bonchev–Trinajstić information content (AvgIpc) is 3.00. The van der Waals surface area contributed by atoms with Crippen LogP contribution in [0.25, 0.3) is 0 Å². The molecule has 2 aliphatic carbocycles. The molecule has 1 heterocycles. The molecule has 0 bridgehead atoms. The van der Waals surface area contributed by atoms with Crippen molar-refractivity contribution < 1.29 is 23.1 Å². The first-order valence-corrected chi connectivity index (χ1v) is 11.7. The quantitative estimate of drug-likeness (QED) is 0.583. The Morgan fingerprint density at radius 1 is 1.32 bits per heavy atom. The predicted octanol–water partition coefficient (Wildman–Crippen LogP) is 5.10. The van der Waals surface area contributed by atoms with Crippen LogP contribution >= 0.6 is 12.2 Å². The first kappa shape index (κ1) is 24.4. The molecule has 1 aliphatic heterocycles. The zero-order chi connectivity index (χ0) is 24.9. The summed E-state index contributed by atoms with van der Waals surface area (Å²) < 4.78 is 40.7. The Morgan fingerprint density at radius 3 is 2.53 bits per heavy atom. The van der Waals surface area contributed by atoms with Crippen molar-refractivity contribution in [2.75, 3.05) is 11.5 Å². The zero-order valence-corrected chi connectivity index (χ0v) is 19.8. The zero-order valence-electron chi connectivity index (χ0n) is 19.0. The largest absolute Gasteiger partial charge is 0.417 e. The van der Waals surface area contributed by atoms with Crippen molar-refractivity contribution in [1.29, 1.82) is 5.26 Å². The summed E-state index contributed by atoms with van der Waals surface area (Å²) in [6.45, 7) is 4.12. The molecule has 0 radical (unpaired) electrons. The maximum atomic E-state index is 13.7. The lowest BCUT2D eigenvalue weighted by molar-refractivity contribution is -0.138. The van der Waals surface area contributed by atoms with Gasteiger partial charge in [-0.1, -0.05) is 25.2 Å². The van der Waals surface area contributed by atoms with Gasteiger partial charge in [-0.3, -0.25) is 9.69 Å². The van der Waals surface area contributed by atoms with Crippen LogP contribution in [0.15, 0.2) is 42.0 Å². The standard InChI is InChI=1S/C25H26F3N3O2S/c1-16(8-13-32)17-6-11-23(2,12-7-17)31-22(34)30(21(33)24(31)9-3-10-24)19-5-4-18(15-29)20(14-19)25(26,27)28/h4-7,11,14,16,32H,3,8-10,12-13H2,1-2H3. The van der Waals surface area contributed by atoms with Gasteiger partial charge in [0.1, 0.15) is 5.54 Å². The van der Waals surface area contributed by atoms with Gasteiger partial charge in [-0.15, -0.1) is 0 Å². The van der Waals surface area contributed by atoms with Crippen molar-refractivity contribution in [3.05, 3.63) is 53.1 Å². The number of hydrogen-bond donors (Lipinski definition) is 1. The minimum atomic E-state index is -4.73. The number of aliphatic hydroxyl groups excluding tert-OH is 1. The van der Waals surface area contributed by atoms with Crippen LogP contribution in [0, 0.1) is 17.2 Å².